The van der Waals surface area contributed by atoms with Crippen LogP contribution in [0.25, 0.3) is 5.52 Å². The maximum Gasteiger partial charge on any atom is 0.155 e. The summed E-state index contributed by atoms with van der Waals surface area (Å²) >= 11 is 3.63. The highest BCUT2D eigenvalue weighted by atomic mass is 79.9. The fourth-order valence-corrected chi connectivity index (χ4v) is 3.53. The van der Waals surface area contributed by atoms with Gasteiger partial charge in [0.15, 0.2) is 5.82 Å². The molecule has 3 nitrogen and oxygen atoms in total. The molecule has 4 aromatic rings. The summed E-state index contributed by atoms with van der Waals surface area (Å²) in [5.41, 5.74) is 5.34. The fraction of sp³-hybridized carbons (Fsp3) is 0.167. The number of aromatic nitrogens is 2. The monoisotopic (exact) mass is 431 g/mol. The van der Waals surface area contributed by atoms with Crippen LogP contribution in [0.1, 0.15) is 37.5 Å². The van der Waals surface area contributed by atoms with Gasteiger partial charge in [-0.25, -0.2) is 9.51 Å². The van der Waals surface area contributed by atoms with Crippen molar-refractivity contribution in [2.75, 3.05) is 0 Å². The van der Waals surface area contributed by atoms with Gasteiger partial charge in [-0.05, 0) is 39.0 Å². The van der Waals surface area contributed by atoms with Gasteiger partial charge in [-0.3, -0.25) is 0 Å². The standard InChI is InChI=1S/C24H22BrN3/c1-24(2,3)19-14-21-20(25)16-26-28(21)22(15-19)27-23(17-10-6-4-7-11-17)18-12-8-5-9-13-18/h4-16H,1-3H3. The largest absolute Gasteiger partial charge is 0.228 e. The summed E-state index contributed by atoms with van der Waals surface area (Å²) in [6, 6.07) is 24.9. The molecule has 2 aromatic carbocycles. The molecule has 0 unspecified atom stereocenters. The number of hydrogen-bond acceptors (Lipinski definition) is 2. The van der Waals surface area contributed by atoms with E-state index in [2.05, 4.69) is 78.2 Å². The number of fused-ring (bicyclic) bond motifs is 1. The van der Waals surface area contributed by atoms with Crippen molar-refractivity contribution in [1.29, 1.82) is 0 Å². The molecule has 4 rings (SSSR count). The topological polar surface area (TPSA) is 29.7 Å². The average Bonchev–Trinajstić information content (AvgIpc) is 3.08. The van der Waals surface area contributed by atoms with Gasteiger partial charge in [0.2, 0.25) is 0 Å². The minimum atomic E-state index is 0.00931. The summed E-state index contributed by atoms with van der Waals surface area (Å²) < 4.78 is 2.86. The zero-order valence-electron chi connectivity index (χ0n) is 16.2. The molecule has 0 N–H and O–H groups in total. The third kappa shape index (κ3) is 3.65. The third-order valence-corrected chi connectivity index (χ3v) is 5.35. The van der Waals surface area contributed by atoms with E-state index in [-0.39, 0.29) is 5.41 Å². The summed E-state index contributed by atoms with van der Waals surface area (Å²) in [5.74, 6) is 0.816. The zero-order chi connectivity index (χ0) is 19.7. The van der Waals surface area contributed by atoms with E-state index in [1.165, 1.54) is 5.56 Å². The zero-order valence-corrected chi connectivity index (χ0v) is 17.8. The van der Waals surface area contributed by atoms with Crippen molar-refractivity contribution < 1.29 is 0 Å². The third-order valence-electron chi connectivity index (χ3n) is 4.74. The van der Waals surface area contributed by atoms with Crippen LogP contribution in [0.4, 0.5) is 5.82 Å². The normalized spacial score (nSPS) is 11.6. The Kier molecular flexibility index (Phi) is 4.90. The average molecular weight is 432 g/mol. The van der Waals surface area contributed by atoms with Crippen molar-refractivity contribution in [2.45, 2.75) is 26.2 Å². The van der Waals surface area contributed by atoms with E-state index in [0.29, 0.717) is 0 Å². The van der Waals surface area contributed by atoms with Gasteiger partial charge in [-0.2, -0.15) is 5.10 Å². The summed E-state index contributed by atoms with van der Waals surface area (Å²) in [4.78, 5) is 5.11. The van der Waals surface area contributed by atoms with Crippen LogP contribution in [0.2, 0.25) is 0 Å². The van der Waals surface area contributed by atoms with Crippen molar-refractivity contribution in [3.8, 4) is 0 Å². The molecule has 0 aliphatic carbocycles. The van der Waals surface area contributed by atoms with E-state index in [9.17, 15) is 0 Å². The van der Waals surface area contributed by atoms with E-state index in [0.717, 1.165) is 32.6 Å². The van der Waals surface area contributed by atoms with Crippen LogP contribution < -0.4 is 0 Å². The van der Waals surface area contributed by atoms with Crippen molar-refractivity contribution in [3.63, 3.8) is 0 Å². The molecule has 0 aliphatic heterocycles. The van der Waals surface area contributed by atoms with E-state index in [1.807, 2.05) is 47.1 Å². The van der Waals surface area contributed by atoms with Gasteiger partial charge < -0.3 is 0 Å². The second kappa shape index (κ2) is 7.36. The summed E-state index contributed by atoms with van der Waals surface area (Å²) in [6.45, 7) is 6.64. The van der Waals surface area contributed by atoms with Crippen LogP contribution in [0, 0.1) is 0 Å². The molecule has 0 amide bonds. The van der Waals surface area contributed by atoms with Gasteiger partial charge in [0.1, 0.15) is 0 Å². The number of pyridine rings is 1. The fourth-order valence-electron chi connectivity index (χ4n) is 3.15. The maximum atomic E-state index is 5.11. The lowest BCUT2D eigenvalue weighted by Crippen LogP contribution is -2.12. The Bertz CT molecular complexity index is 1100. The molecule has 0 aliphatic rings. The van der Waals surface area contributed by atoms with Crippen LogP contribution in [0.5, 0.6) is 0 Å². The summed E-state index contributed by atoms with van der Waals surface area (Å²) in [7, 11) is 0. The summed E-state index contributed by atoms with van der Waals surface area (Å²) in [5, 5.41) is 4.54. The Morgan fingerprint density at radius 3 is 2.00 bits per heavy atom. The van der Waals surface area contributed by atoms with Gasteiger partial charge in [-0.1, -0.05) is 81.4 Å². The van der Waals surface area contributed by atoms with E-state index >= 15 is 0 Å². The van der Waals surface area contributed by atoms with Crippen molar-refractivity contribution in [2.24, 2.45) is 4.99 Å². The lowest BCUT2D eigenvalue weighted by molar-refractivity contribution is 0.589. The molecule has 28 heavy (non-hydrogen) atoms. The molecule has 0 atom stereocenters. The minimum Gasteiger partial charge on any atom is -0.228 e. The number of aliphatic imine (C=N–C) groups is 1. The Morgan fingerprint density at radius 1 is 0.893 bits per heavy atom. The second-order valence-corrected chi connectivity index (χ2v) is 8.69. The lowest BCUT2D eigenvalue weighted by Gasteiger charge is -2.20. The van der Waals surface area contributed by atoms with Crippen LogP contribution in [-0.2, 0) is 5.41 Å². The predicted molar refractivity (Wildman–Crippen MR) is 120 cm³/mol. The molecule has 0 bridgehead atoms. The first-order valence-electron chi connectivity index (χ1n) is 9.31. The van der Waals surface area contributed by atoms with Gasteiger partial charge in [0.05, 0.1) is 21.9 Å². The highest BCUT2D eigenvalue weighted by Gasteiger charge is 2.18. The smallest absolute Gasteiger partial charge is 0.155 e. The van der Waals surface area contributed by atoms with E-state index < -0.39 is 0 Å². The highest BCUT2D eigenvalue weighted by molar-refractivity contribution is 9.10. The lowest BCUT2D eigenvalue weighted by atomic mass is 9.87. The molecule has 0 radical (unpaired) electrons. The Morgan fingerprint density at radius 2 is 1.46 bits per heavy atom. The molecule has 2 heterocycles. The molecule has 2 aromatic heterocycles. The maximum absolute atomic E-state index is 5.11. The molecular formula is C24H22BrN3. The summed E-state index contributed by atoms with van der Waals surface area (Å²) in [6.07, 6.45) is 1.82. The van der Waals surface area contributed by atoms with E-state index in [1.54, 1.807) is 0 Å². The Hall–Kier alpha value is -2.72. The quantitative estimate of drug-likeness (QED) is 0.337. The minimum absolute atomic E-state index is 0.00931. The molecule has 4 heteroatoms. The van der Waals surface area contributed by atoms with Crippen LogP contribution in [-0.4, -0.2) is 15.3 Å². The first-order valence-corrected chi connectivity index (χ1v) is 10.1. The first-order chi connectivity index (χ1) is 13.4. The number of nitrogens with zero attached hydrogens (tertiary/aromatic N) is 3. The Balaban J connectivity index is 2.00. The number of rotatable bonds is 3. The van der Waals surface area contributed by atoms with E-state index in [4.69, 9.17) is 4.99 Å². The molecule has 0 saturated carbocycles. The van der Waals surface area contributed by atoms with Gasteiger partial charge >= 0.3 is 0 Å². The van der Waals surface area contributed by atoms with Gasteiger partial charge in [-0.15, -0.1) is 0 Å². The molecule has 0 saturated heterocycles. The molecular weight excluding hydrogens is 410 g/mol. The molecule has 140 valence electrons. The van der Waals surface area contributed by atoms with Crippen LogP contribution in [0.3, 0.4) is 0 Å². The van der Waals surface area contributed by atoms with Crippen molar-refractivity contribution in [3.05, 3.63) is 100 Å². The number of halogens is 1. The molecule has 0 spiro atoms. The van der Waals surface area contributed by atoms with Crippen molar-refractivity contribution >= 4 is 33.0 Å². The highest BCUT2D eigenvalue weighted by Crippen LogP contribution is 2.31. The Labute approximate surface area is 173 Å². The SMILES string of the molecule is CC(C)(C)c1cc(N=C(c2ccccc2)c2ccccc2)n2ncc(Br)c2c1. The predicted octanol–water partition coefficient (Wildman–Crippen LogP) is 6.56. The van der Waals surface area contributed by atoms with Gasteiger partial charge in [0, 0.05) is 11.1 Å². The van der Waals surface area contributed by atoms with Gasteiger partial charge in [0.25, 0.3) is 0 Å². The first kappa shape index (κ1) is 18.6. The van der Waals surface area contributed by atoms with Crippen LogP contribution >= 0.6 is 15.9 Å². The number of benzene rings is 2. The number of hydrogen-bond donors (Lipinski definition) is 0. The second-order valence-electron chi connectivity index (χ2n) is 7.83. The molecule has 0 fully saturated rings. The van der Waals surface area contributed by atoms with Crippen LogP contribution in [0.15, 0.2) is 88.5 Å². The van der Waals surface area contributed by atoms with Crippen molar-refractivity contribution in [1.82, 2.24) is 9.61 Å².